The molecule has 1 aromatic carbocycles. The van der Waals surface area contributed by atoms with Gasteiger partial charge in [-0.25, -0.2) is 4.79 Å². The van der Waals surface area contributed by atoms with Crippen molar-refractivity contribution in [3.05, 3.63) is 35.4 Å². The molecule has 30 heavy (non-hydrogen) atoms. The standard InChI is InChI=1S/C24H35N3O3/c1-5-18-10-12-24(13-11-18)22(29)27(23(30)26-24)15-21(28)25-17(4)20-8-6-19(7-9-20)14-16(2)3/h6-9,16-18H,5,10-15H2,1-4H3,(H,25,28)(H,26,30). The van der Waals surface area contributed by atoms with Crippen LogP contribution in [0.25, 0.3) is 0 Å². The van der Waals surface area contributed by atoms with Crippen LogP contribution in [0.2, 0.25) is 0 Å². The van der Waals surface area contributed by atoms with Crippen LogP contribution in [0.5, 0.6) is 0 Å². The number of hydrogen-bond donors (Lipinski definition) is 2. The zero-order valence-corrected chi connectivity index (χ0v) is 18.7. The van der Waals surface area contributed by atoms with Gasteiger partial charge in [0, 0.05) is 0 Å². The third-order valence-corrected chi connectivity index (χ3v) is 6.58. The molecule has 2 fully saturated rings. The molecule has 1 saturated heterocycles. The predicted octanol–water partition coefficient (Wildman–Crippen LogP) is 3.95. The summed E-state index contributed by atoms with van der Waals surface area (Å²) in [5, 5.41) is 5.80. The van der Waals surface area contributed by atoms with Crippen LogP contribution in [0.3, 0.4) is 0 Å². The minimum atomic E-state index is -0.805. The Labute approximate surface area is 179 Å². The number of carbonyl (C=O) groups excluding carboxylic acids is 3. The molecule has 1 atom stereocenters. The van der Waals surface area contributed by atoms with Crippen LogP contribution in [-0.4, -0.2) is 34.8 Å². The van der Waals surface area contributed by atoms with E-state index in [1.807, 2.05) is 19.1 Å². The maximum Gasteiger partial charge on any atom is 0.325 e. The molecule has 0 bridgehead atoms. The van der Waals surface area contributed by atoms with E-state index in [9.17, 15) is 14.4 Å². The summed E-state index contributed by atoms with van der Waals surface area (Å²) in [6.07, 6.45) is 5.31. The predicted molar refractivity (Wildman–Crippen MR) is 117 cm³/mol. The molecular weight excluding hydrogens is 378 g/mol. The van der Waals surface area contributed by atoms with Gasteiger partial charge in [-0.05, 0) is 62.0 Å². The van der Waals surface area contributed by atoms with Gasteiger partial charge in [-0.1, -0.05) is 51.5 Å². The van der Waals surface area contributed by atoms with Crippen LogP contribution in [0, 0.1) is 11.8 Å². The van der Waals surface area contributed by atoms with E-state index in [0.717, 1.165) is 36.1 Å². The number of hydrogen-bond acceptors (Lipinski definition) is 3. The van der Waals surface area contributed by atoms with Crippen LogP contribution in [0.4, 0.5) is 4.79 Å². The SMILES string of the molecule is CCC1CCC2(CC1)NC(=O)N(CC(=O)NC(C)c1ccc(CC(C)C)cc1)C2=O. The van der Waals surface area contributed by atoms with Crippen molar-refractivity contribution in [1.29, 1.82) is 0 Å². The highest BCUT2D eigenvalue weighted by Gasteiger charge is 2.52. The van der Waals surface area contributed by atoms with Crippen molar-refractivity contribution in [3.63, 3.8) is 0 Å². The second-order valence-corrected chi connectivity index (χ2v) is 9.38. The van der Waals surface area contributed by atoms with Crippen LogP contribution < -0.4 is 10.6 Å². The van der Waals surface area contributed by atoms with Gasteiger partial charge in [0.2, 0.25) is 5.91 Å². The highest BCUT2D eigenvalue weighted by Crippen LogP contribution is 2.37. The smallest absolute Gasteiger partial charge is 0.325 e. The van der Waals surface area contributed by atoms with Gasteiger partial charge < -0.3 is 10.6 Å². The summed E-state index contributed by atoms with van der Waals surface area (Å²) in [7, 11) is 0. The van der Waals surface area contributed by atoms with Crippen molar-refractivity contribution in [2.75, 3.05) is 6.54 Å². The molecule has 2 N–H and O–H groups in total. The molecule has 1 aliphatic heterocycles. The van der Waals surface area contributed by atoms with E-state index < -0.39 is 11.6 Å². The first-order valence-electron chi connectivity index (χ1n) is 11.3. The monoisotopic (exact) mass is 413 g/mol. The lowest BCUT2D eigenvalue weighted by molar-refractivity contribution is -0.136. The molecule has 2 aliphatic rings. The van der Waals surface area contributed by atoms with Gasteiger partial charge in [0.25, 0.3) is 5.91 Å². The number of carbonyl (C=O) groups is 3. The number of rotatable bonds is 7. The molecule has 1 unspecified atom stereocenters. The minimum absolute atomic E-state index is 0.194. The molecule has 0 radical (unpaired) electrons. The fourth-order valence-corrected chi connectivity index (χ4v) is 4.67. The van der Waals surface area contributed by atoms with Crippen LogP contribution in [0.15, 0.2) is 24.3 Å². The summed E-state index contributed by atoms with van der Waals surface area (Å²) in [4.78, 5) is 39.1. The maximum atomic E-state index is 13.0. The van der Waals surface area contributed by atoms with Gasteiger partial charge in [-0.15, -0.1) is 0 Å². The molecule has 1 aliphatic carbocycles. The Morgan fingerprint density at radius 2 is 1.80 bits per heavy atom. The lowest BCUT2D eigenvalue weighted by Gasteiger charge is -2.34. The second-order valence-electron chi connectivity index (χ2n) is 9.38. The summed E-state index contributed by atoms with van der Waals surface area (Å²) < 4.78 is 0. The molecule has 1 spiro atoms. The lowest BCUT2D eigenvalue weighted by Crippen LogP contribution is -2.50. The molecule has 4 amide bonds. The number of imide groups is 1. The molecule has 0 aromatic heterocycles. The van der Waals surface area contributed by atoms with Gasteiger partial charge in [0.05, 0.1) is 6.04 Å². The Balaban J connectivity index is 1.56. The molecular formula is C24H35N3O3. The van der Waals surface area contributed by atoms with Crippen molar-refractivity contribution in [2.45, 2.75) is 77.8 Å². The summed E-state index contributed by atoms with van der Waals surface area (Å²) in [6, 6.07) is 7.59. The molecule has 6 heteroatoms. The van der Waals surface area contributed by atoms with E-state index in [1.165, 1.54) is 5.56 Å². The quantitative estimate of drug-likeness (QED) is 0.664. The molecule has 1 saturated carbocycles. The van der Waals surface area contributed by atoms with Crippen molar-refractivity contribution < 1.29 is 14.4 Å². The van der Waals surface area contributed by atoms with Crippen molar-refractivity contribution in [3.8, 4) is 0 Å². The molecule has 1 aromatic rings. The van der Waals surface area contributed by atoms with Crippen molar-refractivity contribution >= 4 is 17.8 Å². The second kappa shape index (κ2) is 9.19. The number of urea groups is 1. The highest BCUT2D eigenvalue weighted by molar-refractivity contribution is 6.09. The zero-order valence-electron chi connectivity index (χ0n) is 18.7. The van der Waals surface area contributed by atoms with Crippen molar-refractivity contribution in [2.24, 2.45) is 11.8 Å². The number of amides is 4. The van der Waals surface area contributed by atoms with E-state index in [1.54, 1.807) is 0 Å². The van der Waals surface area contributed by atoms with Crippen molar-refractivity contribution in [1.82, 2.24) is 15.5 Å². The van der Waals surface area contributed by atoms with Gasteiger partial charge in [-0.3, -0.25) is 14.5 Å². The average molecular weight is 414 g/mol. The fourth-order valence-electron chi connectivity index (χ4n) is 4.67. The Hall–Kier alpha value is -2.37. The molecule has 1 heterocycles. The first-order chi connectivity index (χ1) is 14.2. The van der Waals surface area contributed by atoms with Crippen LogP contribution in [0.1, 0.15) is 77.0 Å². The molecule has 164 valence electrons. The normalized spacial score (nSPS) is 25.0. The Morgan fingerprint density at radius 3 is 2.37 bits per heavy atom. The van der Waals surface area contributed by atoms with Gasteiger partial charge in [-0.2, -0.15) is 0 Å². The first kappa shape index (κ1) is 22.3. The fraction of sp³-hybridized carbons (Fsp3) is 0.625. The highest BCUT2D eigenvalue weighted by atomic mass is 16.2. The number of nitrogens with zero attached hydrogens (tertiary/aromatic N) is 1. The van der Waals surface area contributed by atoms with E-state index in [2.05, 4.69) is 43.5 Å². The van der Waals surface area contributed by atoms with E-state index >= 15 is 0 Å². The van der Waals surface area contributed by atoms with Gasteiger partial charge >= 0.3 is 6.03 Å². The number of benzene rings is 1. The largest absolute Gasteiger partial charge is 0.348 e. The molecule has 6 nitrogen and oxygen atoms in total. The topological polar surface area (TPSA) is 78.5 Å². The van der Waals surface area contributed by atoms with Crippen LogP contribution in [-0.2, 0) is 16.0 Å². The summed E-state index contributed by atoms with van der Waals surface area (Å²) in [6.45, 7) is 8.21. The third-order valence-electron chi connectivity index (χ3n) is 6.58. The van der Waals surface area contributed by atoms with Gasteiger partial charge in [0.15, 0.2) is 0 Å². The maximum absolute atomic E-state index is 13.0. The van der Waals surface area contributed by atoms with E-state index in [-0.39, 0.29) is 24.4 Å². The number of nitrogens with one attached hydrogen (secondary N) is 2. The minimum Gasteiger partial charge on any atom is -0.348 e. The first-order valence-corrected chi connectivity index (χ1v) is 11.3. The average Bonchev–Trinajstić information content (AvgIpc) is 2.92. The summed E-state index contributed by atoms with van der Waals surface area (Å²) in [5.41, 5.74) is 1.47. The summed E-state index contributed by atoms with van der Waals surface area (Å²) in [5.74, 6) is 0.641. The van der Waals surface area contributed by atoms with Gasteiger partial charge in [0.1, 0.15) is 12.1 Å². The Morgan fingerprint density at radius 1 is 1.17 bits per heavy atom. The molecule has 3 rings (SSSR count). The summed E-state index contributed by atoms with van der Waals surface area (Å²) >= 11 is 0. The lowest BCUT2D eigenvalue weighted by atomic mass is 9.75. The van der Waals surface area contributed by atoms with E-state index in [0.29, 0.717) is 24.7 Å². The Bertz CT molecular complexity index is 779. The Kier molecular flexibility index (Phi) is 6.84. The third kappa shape index (κ3) is 4.85. The zero-order chi connectivity index (χ0) is 21.9. The van der Waals surface area contributed by atoms with Crippen LogP contribution >= 0.6 is 0 Å². The van der Waals surface area contributed by atoms with E-state index in [4.69, 9.17) is 0 Å².